The Bertz CT molecular complexity index is 1110. The summed E-state index contributed by atoms with van der Waals surface area (Å²) in [4.78, 5) is 37.7. The van der Waals surface area contributed by atoms with E-state index in [0.29, 0.717) is 35.6 Å². The van der Waals surface area contributed by atoms with Crippen molar-refractivity contribution in [2.75, 3.05) is 26.7 Å². The van der Waals surface area contributed by atoms with Crippen molar-refractivity contribution in [2.24, 2.45) is 0 Å². The fourth-order valence-corrected chi connectivity index (χ4v) is 5.10. The summed E-state index contributed by atoms with van der Waals surface area (Å²) in [5.41, 5.74) is 2.06. The van der Waals surface area contributed by atoms with Crippen molar-refractivity contribution >= 4 is 35.1 Å². The number of carbonyl (C=O) groups is 2. The van der Waals surface area contributed by atoms with E-state index in [1.807, 2.05) is 12.1 Å². The van der Waals surface area contributed by atoms with E-state index in [1.54, 1.807) is 37.1 Å². The van der Waals surface area contributed by atoms with Crippen LogP contribution in [0.5, 0.6) is 0 Å². The lowest BCUT2D eigenvalue weighted by Gasteiger charge is -2.40. The highest BCUT2D eigenvalue weighted by atomic mass is 35.5. The Morgan fingerprint density at radius 2 is 2.00 bits per heavy atom. The Labute approximate surface area is 221 Å². The quantitative estimate of drug-likeness (QED) is 0.501. The average molecular weight is 532 g/mol. The first kappa shape index (κ1) is 27.7. The molecule has 3 heterocycles. The number of aromatic nitrogens is 2. The third-order valence-corrected chi connectivity index (χ3v) is 6.97. The molecular formula is C25H31Cl2N7O2. The van der Waals surface area contributed by atoms with Crippen LogP contribution in [0.1, 0.15) is 53.5 Å². The van der Waals surface area contributed by atoms with Crippen LogP contribution in [0.4, 0.5) is 4.79 Å². The van der Waals surface area contributed by atoms with Gasteiger partial charge in [0.1, 0.15) is 22.1 Å². The maximum Gasteiger partial charge on any atom is 0.317 e. The molecule has 3 amide bonds. The lowest BCUT2D eigenvalue weighted by molar-refractivity contribution is 0.0904. The second kappa shape index (κ2) is 12.9. The van der Waals surface area contributed by atoms with E-state index in [-0.39, 0.29) is 34.3 Å². The standard InChI is InChI=1S/C25H31Cl2N7O2/c1-16-13-21(26)32-23(27)22(16)24(35)30-10-7-17(2)33-11-8-20(9-12-33)34(25(36)29-3)15-19-6-4-5-18(14-28)31-19/h4-6,13,17,20H,7-12,15H2,1-3H3,(H,29,36)(H,30,35). The van der Waals surface area contributed by atoms with Crippen molar-refractivity contribution < 1.29 is 9.59 Å². The van der Waals surface area contributed by atoms with Crippen LogP contribution in [-0.2, 0) is 6.54 Å². The van der Waals surface area contributed by atoms with E-state index in [1.165, 1.54) is 0 Å². The van der Waals surface area contributed by atoms with Gasteiger partial charge in [-0.05, 0) is 56.9 Å². The van der Waals surface area contributed by atoms with Gasteiger partial charge in [-0.3, -0.25) is 4.79 Å². The highest BCUT2D eigenvalue weighted by Gasteiger charge is 2.29. The lowest BCUT2D eigenvalue weighted by Crippen LogP contribution is -2.51. The van der Waals surface area contributed by atoms with Gasteiger partial charge in [0.25, 0.3) is 5.91 Å². The SMILES string of the molecule is CNC(=O)N(Cc1cccc(C#N)n1)C1CCN(C(C)CCNC(=O)c2c(C)cc(Cl)nc2Cl)CC1. The molecule has 0 radical (unpaired) electrons. The number of aryl methyl sites for hydroxylation is 1. The molecule has 36 heavy (non-hydrogen) atoms. The van der Waals surface area contributed by atoms with Crippen molar-refractivity contribution in [3.05, 3.63) is 57.1 Å². The number of nitriles is 1. The van der Waals surface area contributed by atoms with Crippen LogP contribution >= 0.6 is 23.2 Å². The van der Waals surface area contributed by atoms with Crippen LogP contribution < -0.4 is 10.6 Å². The van der Waals surface area contributed by atoms with Gasteiger partial charge in [0.2, 0.25) is 0 Å². The summed E-state index contributed by atoms with van der Waals surface area (Å²) in [5.74, 6) is -0.261. The highest BCUT2D eigenvalue weighted by molar-refractivity contribution is 6.34. The zero-order chi connectivity index (χ0) is 26.2. The number of amides is 3. The van der Waals surface area contributed by atoms with Crippen molar-refractivity contribution in [1.82, 2.24) is 30.4 Å². The molecule has 0 saturated carbocycles. The topological polar surface area (TPSA) is 114 Å². The molecule has 0 aromatic carbocycles. The molecule has 0 aliphatic carbocycles. The highest BCUT2D eigenvalue weighted by Crippen LogP contribution is 2.23. The van der Waals surface area contributed by atoms with Crippen molar-refractivity contribution in [3.8, 4) is 6.07 Å². The lowest BCUT2D eigenvalue weighted by atomic mass is 10.0. The molecule has 192 valence electrons. The van der Waals surface area contributed by atoms with Gasteiger partial charge < -0.3 is 20.4 Å². The van der Waals surface area contributed by atoms with Gasteiger partial charge >= 0.3 is 6.03 Å². The Hall–Kier alpha value is -2.93. The number of piperidine rings is 1. The second-order valence-electron chi connectivity index (χ2n) is 8.90. The van der Waals surface area contributed by atoms with Gasteiger partial charge in [-0.25, -0.2) is 14.8 Å². The molecule has 1 saturated heterocycles. The number of nitrogens with zero attached hydrogens (tertiary/aromatic N) is 5. The van der Waals surface area contributed by atoms with E-state index in [9.17, 15) is 9.59 Å². The smallest absolute Gasteiger partial charge is 0.317 e. The number of rotatable bonds is 8. The molecule has 0 spiro atoms. The molecule has 3 rings (SSSR count). The van der Waals surface area contributed by atoms with Crippen LogP contribution in [0.25, 0.3) is 0 Å². The van der Waals surface area contributed by atoms with E-state index >= 15 is 0 Å². The van der Waals surface area contributed by atoms with Crippen LogP contribution in [-0.4, -0.2) is 70.5 Å². The molecule has 0 bridgehead atoms. The molecule has 2 aromatic rings. The molecule has 2 aromatic heterocycles. The first-order chi connectivity index (χ1) is 17.2. The number of urea groups is 1. The molecule has 2 N–H and O–H groups in total. The summed E-state index contributed by atoms with van der Waals surface area (Å²) in [5, 5.41) is 15.1. The number of carbonyl (C=O) groups excluding carboxylic acids is 2. The third kappa shape index (κ3) is 7.06. The van der Waals surface area contributed by atoms with Crippen LogP contribution in [0, 0.1) is 18.3 Å². The zero-order valence-electron chi connectivity index (χ0n) is 20.7. The van der Waals surface area contributed by atoms with Crippen molar-refractivity contribution in [2.45, 2.75) is 51.7 Å². The average Bonchev–Trinajstić information content (AvgIpc) is 2.86. The Kier molecular flexibility index (Phi) is 9.88. The van der Waals surface area contributed by atoms with Gasteiger partial charge in [0.15, 0.2) is 0 Å². The van der Waals surface area contributed by atoms with Gasteiger partial charge in [-0.2, -0.15) is 5.26 Å². The van der Waals surface area contributed by atoms with Crippen molar-refractivity contribution in [3.63, 3.8) is 0 Å². The number of hydrogen-bond acceptors (Lipinski definition) is 6. The Morgan fingerprint density at radius 3 is 2.64 bits per heavy atom. The fraction of sp³-hybridized carbons (Fsp3) is 0.480. The minimum atomic E-state index is -0.261. The number of nitrogens with one attached hydrogen (secondary N) is 2. The molecule has 1 fully saturated rings. The largest absolute Gasteiger partial charge is 0.352 e. The fourth-order valence-electron chi connectivity index (χ4n) is 4.49. The summed E-state index contributed by atoms with van der Waals surface area (Å²) in [7, 11) is 1.62. The minimum Gasteiger partial charge on any atom is -0.352 e. The van der Waals surface area contributed by atoms with E-state index < -0.39 is 0 Å². The van der Waals surface area contributed by atoms with E-state index in [2.05, 4.69) is 32.4 Å². The van der Waals surface area contributed by atoms with Crippen LogP contribution in [0.3, 0.4) is 0 Å². The minimum absolute atomic E-state index is 0.0724. The van der Waals surface area contributed by atoms with Gasteiger partial charge in [-0.1, -0.05) is 29.3 Å². The number of likely N-dealkylation sites (tertiary alicyclic amines) is 1. The summed E-state index contributed by atoms with van der Waals surface area (Å²) >= 11 is 12.0. The van der Waals surface area contributed by atoms with Crippen LogP contribution in [0.15, 0.2) is 24.3 Å². The van der Waals surface area contributed by atoms with E-state index in [0.717, 1.165) is 32.4 Å². The Morgan fingerprint density at radius 1 is 1.28 bits per heavy atom. The molecule has 1 aliphatic rings. The summed E-state index contributed by atoms with van der Waals surface area (Å²) in [6.07, 6.45) is 2.43. The molecule has 9 nitrogen and oxygen atoms in total. The molecule has 1 unspecified atom stereocenters. The number of hydrogen-bond donors (Lipinski definition) is 2. The van der Waals surface area contributed by atoms with E-state index in [4.69, 9.17) is 28.5 Å². The maximum absolute atomic E-state index is 12.6. The normalized spacial score (nSPS) is 15.1. The predicted octanol–water partition coefficient (Wildman–Crippen LogP) is 3.78. The predicted molar refractivity (Wildman–Crippen MR) is 139 cm³/mol. The molecule has 11 heteroatoms. The van der Waals surface area contributed by atoms with Gasteiger partial charge in [0.05, 0.1) is 17.8 Å². The molecule has 1 aliphatic heterocycles. The van der Waals surface area contributed by atoms with Gasteiger partial charge in [-0.15, -0.1) is 0 Å². The first-order valence-corrected chi connectivity index (χ1v) is 12.7. The second-order valence-corrected chi connectivity index (χ2v) is 9.64. The summed E-state index contributed by atoms with van der Waals surface area (Å²) in [6, 6.07) is 9.10. The first-order valence-electron chi connectivity index (χ1n) is 11.9. The number of pyridine rings is 2. The summed E-state index contributed by atoms with van der Waals surface area (Å²) < 4.78 is 0. The molecular weight excluding hydrogens is 501 g/mol. The van der Waals surface area contributed by atoms with Crippen LogP contribution in [0.2, 0.25) is 10.3 Å². The maximum atomic E-state index is 12.6. The van der Waals surface area contributed by atoms with Crippen molar-refractivity contribution in [1.29, 1.82) is 5.26 Å². The third-order valence-electron chi connectivity index (χ3n) is 6.51. The summed E-state index contributed by atoms with van der Waals surface area (Å²) in [6.45, 7) is 6.45. The Balaban J connectivity index is 1.51. The number of halogens is 2. The zero-order valence-corrected chi connectivity index (χ0v) is 22.2. The monoisotopic (exact) mass is 531 g/mol. The molecule has 1 atom stereocenters. The van der Waals surface area contributed by atoms with Gasteiger partial charge in [0, 0.05) is 38.8 Å².